The molecule has 0 unspecified atom stereocenters. The number of nitrogens with zero attached hydrogens (tertiary/aromatic N) is 2. The van der Waals surface area contributed by atoms with E-state index in [-0.39, 0.29) is 11.4 Å². The van der Waals surface area contributed by atoms with Gasteiger partial charge in [-0.1, -0.05) is 0 Å². The first-order chi connectivity index (χ1) is 8.09. The highest BCUT2D eigenvalue weighted by Gasteiger charge is 2.31. The van der Waals surface area contributed by atoms with Gasteiger partial charge in [-0.15, -0.1) is 0 Å². The lowest BCUT2D eigenvalue weighted by molar-refractivity contribution is 0.773. The Morgan fingerprint density at radius 2 is 2.41 bits per heavy atom. The lowest BCUT2D eigenvalue weighted by Crippen LogP contribution is -2.33. The number of halogens is 1. The number of amidine groups is 1. The molecule has 0 spiro atoms. The Hall–Kier alpha value is -1.12. The molecule has 0 bridgehead atoms. The second-order valence-electron chi connectivity index (χ2n) is 4.07. The Labute approximate surface area is 112 Å². The van der Waals surface area contributed by atoms with Crippen LogP contribution in [0.15, 0.2) is 11.1 Å². The summed E-state index contributed by atoms with van der Waals surface area (Å²) in [7, 11) is 0. The van der Waals surface area contributed by atoms with Crippen LogP contribution in [-0.4, -0.2) is 28.4 Å². The summed E-state index contributed by atoms with van der Waals surface area (Å²) in [5, 5.41) is 7.27. The predicted octanol–water partition coefficient (Wildman–Crippen LogP) is 0.669. The van der Waals surface area contributed by atoms with Gasteiger partial charge in [-0.3, -0.25) is 10.2 Å². The quantitative estimate of drug-likeness (QED) is 0.414. The molecule has 1 heterocycles. The van der Waals surface area contributed by atoms with E-state index in [1.54, 1.807) is 0 Å². The minimum Gasteiger partial charge on any atom is -0.388 e. The molecule has 4 N–H and O–H groups in total. The third-order valence-corrected chi connectivity index (χ3v) is 3.63. The highest BCUT2D eigenvalue weighted by molar-refractivity contribution is 14.1. The van der Waals surface area contributed by atoms with Gasteiger partial charge >= 0.3 is 0 Å². The number of hydrogen-bond acceptors (Lipinski definition) is 4. The number of hydrogen-bond donors (Lipinski definition) is 3. The Bertz CT molecular complexity index is 482. The molecular weight excluding hydrogens is 333 g/mol. The SMILES string of the molecule is N=C(N)CCN(c1nc[nH]c(=O)c1I)C1CC1. The van der Waals surface area contributed by atoms with Crippen LogP contribution in [0.25, 0.3) is 0 Å². The van der Waals surface area contributed by atoms with Crippen LogP contribution in [0.5, 0.6) is 0 Å². The Morgan fingerprint density at radius 1 is 1.71 bits per heavy atom. The number of rotatable bonds is 5. The van der Waals surface area contributed by atoms with Crippen LogP contribution in [-0.2, 0) is 0 Å². The first-order valence-corrected chi connectivity index (χ1v) is 6.50. The molecule has 0 amide bonds. The monoisotopic (exact) mass is 347 g/mol. The lowest BCUT2D eigenvalue weighted by Gasteiger charge is -2.23. The molecule has 0 aromatic carbocycles. The third kappa shape index (κ3) is 2.96. The van der Waals surface area contributed by atoms with Gasteiger partial charge < -0.3 is 15.6 Å². The Morgan fingerprint density at radius 3 is 3.00 bits per heavy atom. The Balaban J connectivity index is 2.23. The van der Waals surface area contributed by atoms with E-state index >= 15 is 0 Å². The van der Waals surface area contributed by atoms with Crippen molar-refractivity contribution in [3.05, 3.63) is 20.3 Å². The molecule has 0 saturated heterocycles. The van der Waals surface area contributed by atoms with E-state index in [4.69, 9.17) is 11.1 Å². The van der Waals surface area contributed by atoms with Gasteiger partial charge in [-0.2, -0.15) is 0 Å². The fourth-order valence-electron chi connectivity index (χ4n) is 1.66. The standard InChI is InChI=1S/C10H14IN5O/c11-8-9(14-5-15-10(8)17)16(6-1-2-6)4-3-7(12)13/h5-6H,1-4H2,(H3,12,13)(H,14,15,17). The van der Waals surface area contributed by atoms with E-state index < -0.39 is 0 Å². The maximum Gasteiger partial charge on any atom is 0.266 e. The zero-order valence-electron chi connectivity index (χ0n) is 9.24. The van der Waals surface area contributed by atoms with Crippen LogP contribution < -0.4 is 16.2 Å². The van der Waals surface area contributed by atoms with Crippen molar-refractivity contribution >= 4 is 34.2 Å². The number of H-pyrrole nitrogens is 1. The zero-order valence-corrected chi connectivity index (χ0v) is 11.4. The first kappa shape index (κ1) is 12.3. The average molecular weight is 347 g/mol. The second-order valence-corrected chi connectivity index (χ2v) is 5.15. The molecule has 7 heteroatoms. The summed E-state index contributed by atoms with van der Waals surface area (Å²) in [4.78, 5) is 20.4. The van der Waals surface area contributed by atoms with Crippen molar-refractivity contribution < 1.29 is 0 Å². The smallest absolute Gasteiger partial charge is 0.266 e. The number of anilines is 1. The third-order valence-electron chi connectivity index (χ3n) is 2.66. The molecule has 1 aliphatic carbocycles. The molecule has 1 aromatic rings. The maximum absolute atomic E-state index is 11.5. The van der Waals surface area contributed by atoms with Gasteiger partial charge in [-0.05, 0) is 35.4 Å². The first-order valence-electron chi connectivity index (χ1n) is 5.42. The summed E-state index contributed by atoms with van der Waals surface area (Å²) in [6.45, 7) is 0.645. The van der Waals surface area contributed by atoms with Crippen LogP contribution in [0, 0.1) is 8.98 Å². The summed E-state index contributed by atoms with van der Waals surface area (Å²) < 4.78 is 0.598. The highest BCUT2D eigenvalue weighted by Crippen LogP contribution is 2.31. The summed E-state index contributed by atoms with van der Waals surface area (Å²) >= 11 is 2.01. The lowest BCUT2D eigenvalue weighted by atomic mass is 10.3. The minimum atomic E-state index is -0.121. The van der Waals surface area contributed by atoms with Gasteiger partial charge in [0.1, 0.15) is 9.39 Å². The molecule has 17 heavy (non-hydrogen) atoms. The summed E-state index contributed by atoms with van der Waals surface area (Å²) in [5.41, 5.74) is 5.25. The molecule has 0 aliphatic heterocycles. The van der Waals surface area contributed by atoms with Gasteiger partial charge in [0.15, 0.2) is 0 Å². The highest BCUT2D eigenvalue weighted by atomic mass is 127. The van der Waals surface area contributed by atoms with Crippen LogP contribution in [0.4, 0.5) is 5.82 Å². The van der Waals surface area contributed by atoms with Crippen LogP contribution >= 0.6 is 22.6 Å². The van der Waals surface area contributed by atoms with Crippen molar-refractivity contribution in [2.24, 2.45) is 5.73 Å². The van der Waals surface area contributed by atoms with E-state index in [0.717, 1.165) is 12.8 Å². The average Bonchev–Trinajstić information content (AvgIpc) is 3.08. The van der Waals surface area contributed by atoms with Crippen LogP contribution in [0.3, 0.4) is 0 Å². The van der Waals surface area contributed by atoms with E-state index in [0.29, 0.717) is 28.4 Å². The van der Waals surface area contributed by atoms with E-state index in [1.165, 1.54) is 6.33 Å². The number of aromatic nitrogens is 2. The molecule has 2 rings (SSSR count). The van der Waals surface area contributed by atoms with Gasteiger partial charge in [0.25, 0.3) is 5.56 Å². The van der Waals surface area contributed by atoms with Crippen molar-refractivity contribution in [1.82, 2.24) is 9.97 Å². The molecule has 0 radical (unpaired) electrons. The molecule has 1 aromatic heterocycles. The molecular formula is C10H14IN5O. The molecule has 0 atom stereocenters. The van der Waals surface area contributed by atoms with Gasteiger partial charge in [0.05, 0.1) is 12.2 Å². The normalized spacial score (nSPS) is 14.6. The number of nitrogens with two attached hydrogens (primary N) is 1. The fraction of sp³-hybridized carbons (Fsp3) is 0.500. The van der Waals surface area contributed by atoms with Gasteiger partial charge in [0.2, 0.25) is 0 Å². The topological polar surface area (TPSA) is 98.9 Å². The minimum absolute atomic E-state index is 0.121. The van der Waals surface area contributed by atoms with E-state index in [9.17, 15) is 4.79 Å². The summed E-state index contributed by atoms with van der Waals surface area (Å²) in [5.74, 6) is 0.869. The largest absolute Gasteiger partial charge is 0.388 e. The van der Waals surface area contributed by atoms with E-state index in [2.05, 4.69) is 14.9 Å². The summed E-state index contributed by atoms with van der Waals surface area (Å²) in [6.07, 6.45) is 4.15. The fourth-order valence-corrected chi connectivity index (χ4v) is 2.27. The van der Waals surface area contributed by atoms with Crippen LogP contribution in [0.1, 0.15) is 19.3 Å². The Kier molecular flexibility index (Phi) is 3.65. The van der Waals surface area contributed by atoms with Gasteiger partial charge in [-0.25, -0.2) is 4.98 Å². The number of nitrogens with one attached hydrogen (secondary N) is 2. The van der Waals surface area contributed by atoms with Crippen molar-refractivity contribution in [2.75, 3.05) is 11.4 Å². The van der Waals surface area contributed by atoms with E-state index in [1.807, 2.05) is 22.6 Å². The molecule has 1 aliphatic rings. The molecule has 6 nitrogen and oxygen atoms in total. The molecule has 1 saturated carbocycles. The molecule has 1 fully saturated rings. The molecule has 92 valence electrons. The van der Waals surface area contributed by atoms with Crippen molar-refractivity contribution in [3.63, 3.8) is 0 Å². The van der Waals surface area contributed by atoms with Crippen molar-refractivity contribution in [3.8, 4) is 0 Å². The van der Waals surface area contributed by atoms with Gasteiger partial charge in [0, 0.05) is 19.0 Å². The predicted molar refractivity (Wildman–Crippen MR) is 74.5 cm³/mol. The summed E-state index contributed by atoms with van der Waals surface area (Å²) in [6, 6.07) is 0.442. The maximum atomic E-state index is 11.5. The van der Waals surface area contributed by atoms with Crippen molar-refractivity contribution in [2.45, 2.75) is 25.3 Å². The number of aromatic amines is 1. The van der Waals surface area contributed by atoms with Crippen molar-refractivity contribution in [1.29, 1.82) is 5.41 Å². The van der Waals surface area contributed by atoms with Crippen LogP contribution in [0.2, 0.25) is 0 Å². The zero-order chi connectivity index (χ0) is 12.4. The second kappa shape index (κ2) is 5.03.